The van der Waals surface area contributed by atoms with Gasteiger partial charge in [0.15, 0.2) is 0 Å². The second kappa shape index (κ2) is 9.56. The van der Waals surface area contributed by atoms with Crippen LogP contribution in [0.2, 0.25) is 10.3 Å². The molecule has 6 nitrogen and oxygen atoms in total. The molecule has 0 radical (unpaired) electrons. The zero-order chi connectivity index (χ0) is 21.0. The predicted octanol–water partition coefficient (Wildman–Crippen LogP) is 4.72. The van der Waals surface area contributed by atoms with E-state index in [1.54, 1.807) is 12.1 Å². The molecular weight excluding hydrogens is 421 g/mol. The zero-order valence-corrected chi connectivity index (χ0v) is 17.4. The third kappa shape index (κ3) is 5.46. The summed E-state index contributed by atoms with van der Waals surface area (Å²) in [6, 6.07) is 4.68. The van der Waals surface area contributed by atoms with Gasteiger partial charge in [-0.15, -0.1) is 0 Å². The van der Waals surface area contributed by atoms with Crippen molar-refractivity contribution < 1.29 is 8.78 Å². The van der Waals surface area contributed by atoms with Crippen LogP contribution in [0.25, 0.3) is 11.4 Å². The van der Waals surface area contributed by atoms with Gasteiger partial charge in [0.2, 0.25) is 5.28 Å². The van der Waals surface area contributed by atoms with Crippen LogP contribution >= 0.6 is 23.2 Å². The summed E-state index contributed by atoms with van der Waals surface area (Å²) in [6.07, 6.45) is 1.46. The molecular formula is C19H20Cl2F2N6. The molecule has 0 unspecified atom stereocenters. The molecule has 3 aromatic rings. The molecule has 1 atom stereocenters. The third-order valence-corrected chi connectivity index (χ3v) is 4.75. The monoisotopic (exact) mass is 440 g/mol. The average Bonchev–Trinajstić information content (AvgIpc) is 3.11. The minimum atomic E-state index is -2.58. The maximum atomic E-state index is 12.8. The van der Waals surface area contributed by atoms with Crippen LogP contribution in [0.15, 0.2) is 30.6 Å². The van der Waals surface area contributed by atoms with Crippen LogP contribution in [0.4, 0.5) is 8.78 Å². The second-order valence-electron chi connectivity index (χ2n) is 6.52. The Morgan fingerprint density at radius 2 is 1.97 bits per heavy atom. The minimum Gasteiger partial charge on any atom is -0.333 e. The second-order valence-corrected chi connectivity index (χ2v) is 7.27. The highest BCUT2D eigenvalue weighted by molar-refractivity contribution is 6.33. The first-order valence-electron chi connectivity index (χ1n) is 9.09. The summed E-state index contributed by atoms with van der Waals surface area (Å²) in [5.74, 6) is 0.872. The van der Waals surface area contributed by atoms with Crippen molar-refractivity contribution in [3.63, 3.8) is 0 Å². The molecule has 0 fully saturated rings. The Hall–Kier alpha value is -2.16. The van der Waals surface area contributed by atoms with E-state index in [-0.39, 0.29) is 17.0 Å². The number of pyridine rings is 1. The fourth-order valence-corrected chi connectivity index (χ4v) is 3.21. The van der Waals surface area contributed by atoms with Crippen molar-refractivity contribution in [1.82, 2.24) is 29.8 Å². The van der Waals surface area contributed by atoms with Gasteiger partial charge in [0, 0.05) is 31.7 Å². The van der Waals surface area contributed by atoms with E-state index in [2.05, 4.69) is 25.3 Å². The Morgan fingerprint density at radius 1 is 1.17 bits per heavy atom. The SMILES string of the molecule is CCc1nc(-c2nc(Cl)ncc2Cl)cn1C[C@H](C)NCc1cccc(C(F)F)n1. The number of rotatable bonds is 8. The van der Waals surface area contributed by atoms with Gasteiger partial charge in [-0.05, 0) is 30.7 Å². The maximum Gasteiger partial charge on any atom is 0.280 e. The minimum absolute atomic E-state index is 0.0452. The quantitative estimate of drug-likeness (QED) is 0.513. The van der Waals surface area contributed by atoms with E-state index in [1.807, 2.05) is 24.6 Å². The lowest BCUT2D eigenvalue weighted by Crippen LogP contribution is -2.30. The van der Waals surface area contributed by atoms with Crippen molar-refractivity contribution in [2.24, 2.45) is 0 Å². The van der Waals surface area contributed by atoms with Gasteiger partial charge < -0.3 is 9.88 Å². The molecule has 3 rings (SSSR count). The van der Waals surface area contributed by atoms with Crippen molar-refractivity contribution >= 4 is 23.2 Å². The first-order valence-corrected chi connectivity index (χ1v) is 9.84. The summed E-state index contributed by atoms with van der Waals surface area (Å²) >= 11 is 12.1. The highest BCUT2D eigenvalue weighted by atomic mass is 35.5. The van der Waals surface area contributed by atoms with Crippen LogP contribution in [0.3, 0.4) is 0 Å². The van der Waals surface area contributed by atoms with E-state index in [4.69, 9.17) is 23.2 Å². The van der Waals surface area contributed by atoms with Gasteiger partial charge in [-0.25, -0.2) is 23.7 Å². The fraction of sp³-hybridized carbons (Fsp3) is 0.368. The Balaban J connectivity index is 1.70. The molecule has 0 aliphatic heterocycles. The van der Waals surface area contributed by atoms with Crippen LogP contribution in [-0.2, 0) is 19.5 Å². The average molecular weight is 441 g/mol. The van der Waals surface area contributed by atoms with Gasteiger partial charge in [-0.3, -0.25) is 4.98 Å². The maximum absolute atomic E-state index is 12.8. The number of aryl methyl sites for hydroxylation is 1. The number of nitrogens with zero attached hydrogens (tertiary/aromatic N) is 5. The summed E-state index contributed by atoms with van der Waals surface area (Å²) in [7, 11) is 0. The third-order valence-electron chi connectivity index (χ3n) is 4.29. The molecule has 0 bridgehead atoms. The summed E-state index contributed by atoms with van der Waals surface area (Å²) in [6.45, 7) is 5.03. The molecule has 154 valence electrons. The number of hydrogen-bond donors (Lipinski definition) is 1. The Bertz CT molecular complexity index is 979. The van der Waals surface area contributed by atoms with E-state index in [0.717, 1.165) is 12.2 Å². The Labute approximate surface area is 177 Å². The van der Waals surface area contributed by atoms with Crippen molar-refractivity contribution in [2.75, 3.05) is 0 Å². The van der Waals surface area contributed by atoms with E-state index in [1.165, 1.54) is 12.3 Å². The van der Waals surface area contributed by atoms with Crippen molar-refractivity contribution in [3.05, 3.63) is 58.1 Å². The molecule has 0 aliphatic rings. The first-order chi connectivity index (χ1) is 13.9. The van der Waals surface area contributed by atoms with Crippen LogP contribution in [0.1, 0.15) is 37.5 Å². The lowest BCUT2D eigenvalue weighted by atomic mass is 10.2. The summed E-state index contributed by atoms with van der Waals surface area (Å²) in [4.78, 5) is 16.6. The van der Waals surface area contributed by atoms with Gasteiger partial charge in [0.05, 0.1) is 16.9 Å². The van der Waals surface area contributed by atoms with Crippen LogP contribution in [0.5, 0.6) is 0 Å². The molecule has 0 spiro atoms. The van der Waals surface area contributed by atoms with Gasteiger partial charge in [-0.2, -0.15) is 0 Å². The van der Waals surface area contributed by atoms with Crippen LogP contribution in [0, 0.1) is 0 Å². The molecule has 1 N–H and O–H groups in total. The molecule has 0 saturated carbocycles. The van der Waals surface area contributed by atoms with Crippen LogP contribution in [-0.4, -0.2) is 30.5 Å². The van der Waals surface area contributed by atoms with E-state index in [0.29, 0.717) is 35.2 Å². The molecule has 0 aliphatic carbocycles. The first kappa shape index (κ1) is 21.5. The van der Waals surface area contributed by atoms with Crippen molar-refractivity contribution in [2.45, 2.75) is 45.8 Å². The molecule has 0 saturated heterocycles. The lowest BCUT2D eigenvalue weighted by Gasteiger charge is -2.16. The summed E-state index contributed by atoms with van der Waals surface area (Å²) < 4.78 is 27.6. The number of halogens is 4. The highest BCUT2D eigenvalue weighted by Gasteiger charge is 2.15. The normalized spacial score (nSPS) is 12.5. The summed E-state index contributed by atoms with van der Waals surface area (Å²) in [5.41, 5.74) is 1.45. The van der Waals surface area contributed by atoms with E-state index in [9.17, 15) is 8.78 Å². The van der Waals surface area contributed by atoms with Crippen LogP contribution < -0.4 is 5.32 Å². The molecule has 3 aromatic heterocycles. The highest BCUT2D eigenvalue weighted by Crippen LogP contribution is 2.26. The van der Waals surface area contributed by atoms with Gasteiger partial charge in [0.25, 0.3) is 6.43 Å². The Morgan fingerprint density at radius 3 is 2.69 bits per heavy atom. The van der Waals surface area contributed by atoms with Gasteiger partial charge in [0.1, 0.15) is 22.9 Å². The van der Waals surface area contributed by atoms with E-state index >= 15 is 0 Å². The molecule has 29 heavy (non-hydrogen) atoms. The lowest BCUT2D eigenvalue weighted by molar-refractivity contribution is 0.145. The summed E-state index contributed by atoms with van der Waals surface area (Å²) in [5, 5.41) is 3.78. The molecule has 3 heterocycles. The zero-order valence-electron chi connectivity index (χ0n) is 15.9. The number of nitrogens with one attached hydrogen (secondary N) is 1. The number of alkyl halides is 2. The number of hydrogen-bond acceptors (Lipinski definition) is 5. The van der Waals surface area contributed by atoms with Gasteiger partial charge in [-0.1, -0.05) is 24.6 Å². The standard InChI is InChI=1S/C19H20Cl2F2N6/c1-3-16-27-15(17-13(20)8-25-19(21)28-17)10-29(16)9-11(2)24-7-12-5-4-6-14(26-12)18(22)23/h4-6,8,10-11,18,24H,3,7,9H2,1-2H3/t11-/m0/s1. The number of aromatic nitrogens is 5. The molecule has 0 amide bonds. The van der Waals surface area contributed by atoms with E-state index < -0.39 is 6.43 Å². The Kier molecular flexibility index (Phi) is 7.10. The molecule has 0 aromatic carbocycles. The predicted molar refractivity (Wildman–Crippen MR) is 108 cm³/mol. The number of imidazole rings is 1. The fourth-order valence-electron chi connectivity index (χ4n) is 2.89. The topological polar surface area (TPSA) is 68.5 Å². The van der Waals surface area contributed by atoms with Crippen molar-refractivity contribution in [3.8, 4) is 11.4 Å². The smallest absolute Gasteiger partial charge is 0.280 e. The van der Waals surface area contributed by atoms with Gasteiger partial charge >= 0.3 is 0 Å². The van der Waals surface area contributed by atoms with Crippen molar-refractivity contribution in [1.29, 1.82) is 0 Å². The largest absolute Gasteiger partial charge is 0.333 e. The molecule has 10 heteroatoms.